The number of carbonyl (C=O) groups excluding carboxylic acids is 1. The van der Waals surface area contributed by atoms with Crippen molar-refractivity contribution in [3.8, 4) is 11.5 Å². The lowest BCUT2D eigenvalue weighted by Gasteiger charge is -2.11. The maximum absolute atomic E-state index is 13.6. The fourth-order valence-corrected chi connectivity index (χ4v) is 2.21. The van der Waals surface area contributed by atoms with Crippen LogP contribution in [-0.4, -0.2) is 19.1 Å². The van der Waals surface area contributed by atoms with E-state index >= 15 is 0 Å². The van der Waals surface area contributed by atoms with E-state index in [1.807, 2.05) is 38.1 Å². The van der Waals surface area contributed by atoms with Crippen molar-refractivity contribution in [1.82, 2.24) is 0 Å². The Morgan fingerprint density at radius 2 is 1.83 bits per heavy atom. The van der Waals surface area contributed by atoms with Crippen molar-refractivity contribution >= 4 is 11.6 Å². The third-order valence-electron chi connectivity index (χ3n) is 3.35. The topological polar surface area (TPSA) is 47.6 Å². The Hall–Kier alpha value is -2.56. The Morgan fingerprint density at radius 1 is 1.12 bits per heavy atom. The largest absolute Gasteiger partial charge is 0.490 e. The zero-order chi connectivity index (χ0) is 17.4. The zero-order valence-electron chi connectivity index (χ0n) is 14.0. The van der Waals surface area contributed by atoms with E-state index < -0.39 is 5.82 Å². The standard InChI is InChI=1S/C19H22FNO3/c1-3-23-17-7-4-5-8-18(17)24-12-6-9-19(22)21-16-13-14(2)10-11-15(16)20/h4-5,7-8,10-11,13H,3,6,9,12H2,1-2H3,(H,21,22). The van der Waals surface area contributed by atoms with E-state index in [0.29, 0.717) is 31.1 Å². The van der Waals surface area contributed by atoms with Crippen LogP contribution in [0.5, 0.6) is 11.5 Å². The van der Waals surface area contributed by atoms with Gasteiger partial charge in [-0.2, -0.15) is 0 Å². The molecule has 128 valence electrons. The van der Waals surface area contributed by atoms with Crippen LogP contribution in [0.4, 0.5) is 10.1 Å². The molecule has 0 atom stereocenters. The third-order valence-corrected chi connectivity index (χ3v) is 3.35. The molecule has 1 amide bonds. The van der Waals surface area contributed by atoms with Gasteiger partial charge in [0.1, 0.15) is 5.82 Å². The lowest BCUT2D eigenvalue weighted by Crippen LogP contribution is -2.14. The van der Waals surface area contributed by atoms with Crippen LogP contribution in [-0.2, 0) is 4.79 Å². The van der Waals surface area contributed by atoms with Crippen molar-refractivity contribution in [1.29, 1.82) is 0 Å². The summed E-state index contributed by atoms with van der Waals surface area (Å²) in [6.45, 7) is 4.70. The Kier molecular flexibility index (Phi) is 6.61. The molecule has 5 heteroatoms. The van der Waals surface area contributed by atoms with Crippen LogP contribution in [0.2, 0.25) is 0 Å². The fourth-order valence-electron chi connectivity index (χ4n) is 2.21. The third kappa shape index (κ3) is 5.26. The van der Waals surface area contributed by atoms with Crippen LogP contribution in [0.3, 0.4) is 0 Å². The lowest BCUT2D eigenvalue weighted by molar-refractivity contribution is -0.116. The first-order valence-corrected chi connectivity index (χ1v) is 8.00. The normalized spacial score (nSPS) is 10.3. The molecule has 1 N–H and O–H groups in total. The quantitative estimate of drug-likeness (QED) is 0.732. The number of nitrogens with one attached hydrogen (secondary N) is 1. The summed E-state index contributed by atoms with van der Waals surface area (Å²) in [5.41, 5.74) is 1.10. The zero-order valence-corrected chi connectivity index (χ0v) is 14.0. The maximum atomic E-state index is 13.6. The minimum absolute atomic E-state index is 0.211. The van der Waals surface area contributed by atoms with Gasteiger partial charge in [0.2, 0.25) is 5.91 Å². The Bertz CT molecular complexity index is 688. The second kappa shape index (κ2) is 8.91. The van der Waals surface area contributed by atoms with Gasteiger partial charge in [-0.3, -0.25) is 4.79 Å². The predicted molar refractivity (Wildman–Crippen MR) is 92.1 cm³/mol. The molecule has 0 aliphatic carbocycles. The van der Waals surface area contributed by atoms with Gasteiger partial charge >= 0.3 is 0 Å². The molecule has 2 aromatic carbocycles. The van der Waals surface area contributed by atoms with E-state index in [4.69, 9.17) is 9.47 Å². The van der Waals surface area contributed by atoms with Gasteiger partial charge in [0.05, 0.1) is 18.9 Å². The molecule has 0 aliphatic heterocycles. The van der Waals surface area contributed by atoms with Crippen molar-refractivity contribution in [2.75, 3.05) is 18.5 Å². The second-order valence-electron chi connectivity index (χ2n) is 5.36. The number of carbonyl (C=O) groups is 1. The van der Waals surface area contributed by atoms with E-state index in [1.54, 1.807) is 12.1 Å². The number of amides is 1. The lowest BCUT2D eigenvalue weighted by atomic mass is 10.2. The molecule has 0 saturated carbocycles. The molecule has 0 bridgehead atoms. The molecule has 24 heavy (non-hydrogen) atoms. The molecule has 2 aromatic rings. The molecular weight excluding hydrogens is 309 g/mol. The molecular formula is C19H22FNO3. The van der Waals surface area contributed by atoms with Crippen LogP contribution in [0.25, 0.3) is 0 Å². The number of benzene rings is 2. The number of para-hydroxylation sites is 2. The minimum Gasteiger partial charge on any atom is -0.490 e. The average molecular weight is 331 g/mol. The van der Waals surface area contributed by atoms with Gasteiger partial charge in [-0.1, -0.05) is 18.2 Å². The summed E-state index contributed by atoms with van der Waals surface area (Å²) >= 11 is 0. The van der Waals surface area contributed by atoms with Crippen molar-refractivity contribution in [2.24, 2.45) is 0 Å². The average Bonchev–Trinajstić information content (AvgIpc) is 2.56. The number of rotatable bonds is 8. The van der Waals surface area contributed by atoms with E-state index in [0.717, 1.165) is 5.56 Å². The molecule has 0 aliphatic rings. The Morgan fingerprint density at radius 3 is 2.54 bits per heavy atom. The number of hydrogen-bond acceptors (Lipinski definition) is 3. The highest BCUT2D eigenvalue weighted by Gasteiger charge is 2.08. The molecule has 0 unspecified atom stereocenters. The van der Waals surface area contributed by atoms with Crippen LogP contribution in [0.1, 0.15) is 25.3 Å². The van der Waals surface area contributed by atoms with E-state index in [-0.39, 0.29) is 18.0 Å². The van der Waals surface area contributed by atoms with Crippen molar-refractivity contribution in [3.63, 3.8) is 0 Å². The van der Waals surface area contributed by atoms with E-state index in [9.17, 15) is 9.18 Å². The van der Waals surface area contributed by atoms with Crippen LogP contribution in [0, 0.1) is 12.7 Å². The van der Waals surface area contributed by atoms with Crippen molar-refractivity contribution in [2.45, 2.75) is 26.7 Å². The van der Waals surface area contributed by atoms with E-state index in [1.165, 1.54) is 6.07 Å². The van der Waals surface area contributed by atoms with Gasteiger partial charge in [-0.25, -0.2) is 4.39 Å². The highest BCUT2D eigenvalue weighted by molar-refractivity contribution is 5.90. The van der Waals surface area contributed by atoms with Gasteiger partial charge in [-0.15, -0.1) is 0 Å². The molecule has 2 rings (SSSR count). The first-order valence-electron chi connectivity index (χ1n) is 8.00. The number of hydrogen-bond donors (Lipinski definition) is 1. The predicted octanol–water partition coefficient (Wildman–Crippen LogP) is 4.33. The van der Waals surface area contributed by atoms with E-state index in [2.05, 4.69) is 5.32 Å². The Labute approximate surface area is 141 Å². The highest BCUT2D eigenvalue weighted by atomic mass is 19.1. The fraction of sp³-hybridized carbons (Fsp3) is 0.316. The number of halogens is 1. The molecule has 4 nitrogen and oxygen atoms in total. The van der Waals surface area contributed by atoms with Gasteiger partial charge in [-0.05, 0) is 50.1 Å². The molecule has 0 aromatic heterocycles. The highest BCUT2D eigenvalue weighted by Crippen LogP contribution is 2.26. The minimum atomic E-state index is -0.434. The van der Waals surface area contributed by atoms with Gasteiger partial charge in [0.15, 0.2) is 11.5 Å². The molecule has 0 saturated heterocycles. The number of ether oxygens (including phenoxy) is 2. The molecule has 0 heterocycles. The van der Waals surface area contributed by atoms with Crippen molar-refractivity contribution in [3.05, 3.63) is 53.8 Å². The summed E-state index contributed by atoms with van der Waals surface area (Å²) in [6, 6.07) is 12.0. The van der Waals surface area contributed by atoms with Crippen LogP contribution >= 0.6 is 0 Å². The van der Waals surface area contributed by atoms with Crippen molar-refractivity contribution < 1.29 is 18.7 Å². The summed E-state index contributed by atoms with van der Waals surface area (Å²) in [5.74, 6) is 0.674. The molecule has 0 fully saturated rings. The number of aryl methyl sites for hydroxylation is 1. The molecule has 0 spiro atoms. The van der Waals surface area contributed by atoms with Gasteiger partial charge in [0, 0.05) is 6.42 Å². The van der Waals surface area contributed by atoms with Gasteiger partial charge in [0.25, 0.3) is 0 Å². The van der Waals surface area contributed by atoms with Crippen LogP contribution in [0.15, 0.2) is 42.5 Å². The summed E-state index contributed by atoms with van der Waals surface area (Å²) in [7, 11) is 0. The summed E-state index contributed by atoms with van der Waals surface area (Å²) in [4.78, 5) is 11.9. The first-order chi connectivity index (χ1) is 11.6. The second-order valence-corrected chi connectivity index (χ2v) is 5.36. The summed E-state index contributed by atoms with van der Waals surface area (Å²) < 4.78 is 24.7. The maximum Gasteiger partial charge on any atom is 0.224 e. The summed E-state index contributed by atoms with van der Waals surface area (Å²) in [5, 5.41) is 2.59. The summed E-state index contributed by atoms with van der Waals surface area (Å²) in [6.07, 6.45) is 0.782. The van der Waals surface area contributed by atoms with Crippen LogP contribution < -0.4 is 14.8 Å². The number of anilines is 1. The SMILES string of the molecule is CCOc1ccccc1OCCCC(=O)Nc1cc(C)ccc1F. The molecule has 0 radical (unpaired) electrons. The smallest absolute Gasteiger partial charge is 0.224 e. The Balaban J connectivity index is 1.78. The first kappa shape index (κ1) is 17.8. The monoisotopic (exact) mass is 331 g/mol. The van der Waals surface area contributed by atoms with Gasteiger partial charge < -0.3 is 14.8 Å².